The SMILES string of the molecule is CC.CC(C)Nc1ccc(N2CCCC2)cn1. The van der Waals surface area contributed by atoms with Gasteiger partial charge < -0.3 is 10.2 Å². The zero-order chi connectivity index (χ0) is 12.7. The second-order valence-electron chi connectivity index (χ2n) is 4.39. The van der Waals surface area contributed by atoms with Crippen molar-refractivity contribution in [2.24, 2.45) is 0 Å². The average Bonchev–Trinajstić information content (AvgIpc) is 2.85. The van der Waals surface area contributed by atoms with E-state index >= 15 is 0 Å². The van der Waals surface area contributed by atoms with Gasteiger partial charge in [-0.05, 0) is 38.8 Å². The minimum Gasteiger partial charge on any atom is -0.370 e. The summed E-state index contributed by atoms with van der Waals surface area (Å²) in [6.45, 7) is 10.6. The van der Waals surface area contributed by atoms with Crippen molar-refractivity contribution in [3.8, 4) is 0 Å². The van der Waals surface area contributed by atoms with Crippen molar-refractivity contribution >= 4 is 11.5 Å². The highest BCUT2D eigenvalue weighted by molar-refractivity contribution is 5.50. The largest absolute Gasteiger partial charge is 0.370 e. The number of anilines is 2. The van der Waals surface area contributed by atoms with Crippen molar-refractivity contribution in [2.45, 2.75) is 46.6 Å². The Bertz CT molecular complexity index is 300. The van der Waals surface area contributed by atoms with Crippen LogP contribution < -0.4 is 10.2 Å². The van der Waals surface area contributed by atoms with Crippen molar-refractivity contribution in [2.75, 3.05) is 23.3 Å². The molecule has 2 rings (SSSR count). The fraction of sp³-hybridized carbons (Fsp3) is 0.643. The molecule has 0 aromatic carbocycles. The molecule has 1 saturated heterocycles. The van der Waals surface area contributed by atoms with Crippen molar-refractivity contribution in [3.05, 3.63) is 18.3 Å². The van der Waals surface area contributed by atoms with Crippen molar-refractivity contribution in [1.82, 2.24) is 4.98 Å². The molecule has 17 heavy (non-hydrogen) atoms. The maximum absolute atomic E-state index is 4.41. The van der Waals surface area contributed by atoms with Gasteiger partial charge in [0.1, 0.15) is 5.82 Å². The van der Waals surface area contributed by atoms with Gasteiger partial charge >= 0.3 is 0 Å². The molecule has 1 aromatic heterocycles. The van der Waals surface area contributed by atoms with Crippen LogP contribution in [-0.4, -0.2) is 24.1 Å². The third-order valence-electron chi connectivity index (χ3n) is 2.66. The zero-order valence-corrected chi connectivity index (χ0v) is 11.5. The van der Waals surface area contributed by atoms with Crippen LogP contribution in [0.5, 0.6) is 0 Å². The highest BCUT2D eigenvalue weighted by atomic mass is 15.2. The van der Waals surface area contributed by atoms with Crippen LogP contribution >= 0.6 is 0 Å². The van der Waals surface area contributed by atoms with Gasteiger partial charge in [-0.1, -0.05) is 13.8 Å². The molecule has 1 aromatic rings. The summed E-state index contributed by atoms with van der Waals surface area (Å²) >= 11 is 0. The number of hydrogen-bond donors (Lipinski definition) is 1. The van der Waals surface area contributed by atoms with Crippen molar-refractivity contribution in [3.63, 3.8) is 0 Å². The smallest absolute Gasteiger partial charge is 0.126 e. The number of rotatable bonds is 3. The molecule has 3 nitrogen and oxygen atoms in total. The lowest BCUT2D eigenvalue weighted by molar-refractivity contribution is 0.887. The van der Waals surface area contributed by atoms with Crippen molar-refractivity contribution < 1.29 is 0 Å². The van der Waals surface area contributed by atoms with Crippen LogP contribution in [0.2, 0.25) is 0 Å². The first-order valence-electron chi connectivity index (χ1n) is 6.73. The van der Waals surface area contributed by atoms with Gasteiger partial charge in [-0.3, -0.25) is 0 Å². The van der Waals surface area contributed by atoms with Gasteiger partial charge in [-0.2, -0.15) is 0 Å². The van der Waals surface area contributed by atoms with Gasteiger partial charge in [-0.15, -0.1) is 0 Å². The van der Waals surface area contributed by atoms with Gasteiger partial charge in [0, 0.05) is 19.1 Å². The molecule has 0 unspecified atom stereocenters. The van der Waals surface area contributed by atoms with E-state index in [0.29, 0.717) is 6.04 Å². The summed E-state index contributed by atoms with van der Waals surface area (Å²) < 4.78 is 0. The first-order chi connectivity index (χ1) is 8.25. The van der Waals surface area contributed by atoms with E-state index in [1.165, 1.54) is 31.6 Å². The summed E-state index contributed by atoms with van der Waals surface area (Å²) in [6.07, 6.45) is 4.59. The van der Waals surface area contributed by atoms with E-state index < -0.39 is 0 Å². The summed E-state index contributed by atoms with van der Waals surface area (Å²) in [6, 6.07) is 4.66. The molecule has 1 N–H and O–H groups in total. The van der Waals surface area contributed by atoms with Crippen molar-refractivity contribution in [1.29, 1.82) is 0 Å². The molecule has 0 amide bonds. The Hall–Kier alpha value is -1.25. The summed E-state index contributed by atoms with van der Waals surface area (Å²) in [5, 5.41) is 3.29. The van der Waals surface area contributed by atoms with Crippen LogP contribution in [0.3, 0.4) is 0 Å². The van der Waals surface area contributed by atoms with E-state index in [9.17, 15) is 0 Å². The molecule has 0 bridgehead atoms. The molecular formula is C14H25N3. The van der Waals surface area contributed by atoms with Crippen LogP contribution in [0.25, 0.3) is 0 Å². The number of nitrogens with zero attached hydrogens (tertiary/aromatic N) is 2. The van der Waals surface area contributed by atoms with Crippen LogP contribution in [0.1, 0.15) is 40.5 Å². The Balaban J connectivity index is 0.000000686. The Kier molecular flexibility index (Phi) is 5.81. The molecule has 3 heteroatoms. The second kappa shape index (κ2) is 7.15. The highest BCUT2D eigenvalue weighted by Crippen LogP contribution is 2.20. The minimum atomic E-state index is 0.440. The second-order valence-corrected chi connectivity index (χ2v) is 4.39. The molecule has 1 aliphatic rings. The van der Waals surface area contributed by atoms with E-state index in [1.54, 1.807) is 0 Å². The Morgan fingerprint density at radius 3 is 2.29 bits per heavy atom. The molecule has 2 heterocycles. The fourth-order valence-corrected chi connectivity index (χ4v) is 1.93. The maximum atomic E-state index is 4.41. The molecule has 96 valence electrons. The molecule has 1 fully saturated rings. The summed E-state index contributed by atoms with van der Waals surface area (Å²) in [5.74, 6) is 0.966. The predicted molar refractivity (Wildman–Crippen MR) is 75.8 cm³/mol. The van der Waals surface area contributed by atoms with Crippen LogP contribution in [-0.2, 0) is 0 Å². The van der Waals surface area contributed by atoms with Crippen LogP contribution in [0.4, 0.5) is 11.5 Å². The van der Waals surface area contributed by atoms with Crippen LogP contribution in [0.15, 0.2) is 18.3 Å². The lowest BCUT2D eigenvalue weighted by Gasteiger charge is -2.17. The molecule has 0 spiro atoms. The molecule has 0 aliphatic carbocycles. The van der Waals surface area contributed by atoms with Gasteiger partial charge in [0.05, 0.1) is 11.9 Å². The number of hydrogen-bond acceptors (Lipinski definition) is 3. The predicted octanol–water partition coefficient (Wildman–Crippen LogP) is 3.53. The standard InChI is InChI=1S/C12H19N3.C2H6/c1-10(2)14-12-6-5-11(9-13-12)15-7-3-4-8-15;1-2/h5-6,9-10H,3-4,7-8H2,1-2H3,(H,13,14);1-2H3. The molecular weight excluding hydrogens is 210 g/mol. The fourth-order valence-electron chi connectivity index (χ4n) is 1.93. The van der Waals surface area contributed by atoms with Gasteiger partial charge in [0.2, 0.25) is 0 Å². The van der Waals surface area contributed by atoms with Gasteiger partial charge in [-0.25, -0.2) is 4.98 Å². The monoisotopic (exact) mass is 235 g/mol. The summed E-state index contributed by atoms with van der Waals surface area (Å²) in [7, 11) is 0. The molecule has 0 atom stereocenters. The topological polar surface area (TPSA) is 28.2 Å². The Morgan fingerprint density at radius 1 is 1.18 bits per heavy atom. The number of aromatic nitrogens is 1. The Labute approximate surface area is 105 Å². The van der Waals surface area contributed by atoms with E-state index in [1.807, 2.05) is 20.0 Å². The Morgan fingerprint density at radius 2 is 1.82 bits per heavy atom. The molecule has 1 aliphatic heterocycles. The molecule has 0 saturated carbocycles. The summed E-state index contributed by atoms with van der Waals surface area (Å²) in [4.78, 5) is 6.81. The van der Waals surface area contributed by atoms with E-state index in [2.05, 4.69) is 41.2 Å². The third-order valence-corrected chi connectivity index (χ3v) is 2.66. The van der Waals surface area contributed by atoms with Gasteiger partial charge in [0.25, 0.3) is 0 Å². The highest BCUT2D eigenvalue weighted by Gasteiger charge is 2.12. The quantitative estimate of drug-likeness (QED) is 0.868. The lowest BCUT2D eigenvalue weighted by Crippen LogP contribution is -2.18. The van der Waals surface area contributed by atoms with E-state index in [-0.39, 0.29) is 0 Å². The van der Waals surface area contributed by atoms with Crippen LogP contribution in [0, 0.1) is 0 Å². The number of nitrogens with one attached hydrogen (secondary N) is 1. The average molecular weight is 235 g/mol. The van der Waals surface area contributed by atoms with Gasteiger partial charge in [0.15, 0.2) is 0 Å². The van der Waals surface area contributed by atoms with E-state index in [0.717, 1.165) is 5.82 Å². The summed E-state index contributed by atoms with van der Waals surface area (Å²) in [5.41, 5.74) is 1.25. The van der Waals surface area contributed by atoms with E-state index in [4.69, 9.17) is 0 Å². The third kappa shape index (κ3) is 4.25. The normalized spacial score (nSPS) is 14.5. The minimum absolute atomic E-state index is 0.440. The first-order valence-corrected chi connectivity index (χ1v) is 6.73. The number of pyridine rings is 1. The maximum Gasteiger partial charge on any atom is 0.126 e. The first kappa shape index (κ1) is 13.8. The zero-order valence-electron chi connectivity index (χ0n) is 11.5. The molecule has 0 radical (unpaired) electrons. The lowest BCUT2D eigenvalue weighted by atomic mass is 10.3.